The zero-order valence-corrected chi connectivity index (χ0v) is 9.19. The molecule has 2 rings (SSSR count). The second kappa shape index (κ2) is 4.83. The van der Waals surface area contributed by atoms with Crippen molar-refractivity contribution < 1.29 is 9.18 Å². The molecule has 1 fully saturated rings. The minimum absolute atomic E-state index is 0.0996. The largest absolute Gasteiger partial charge is 0.357 e. The van der Waals surface area contributed by atoms with E-state index in [9.17, 15) is 9.18 Å². The van der Waals surface area contributed by atoms with Gasteiger partial charge in [-0.2, -0.15) is 5.26 Å². The number of nitriles is 1. The van der Waals surface area contributed by atoms with Gasteiger partial charge in [0.1, 0.15) is 11.9 Å². The van der Waals surface area contributed by atoms with Crippen LogP contribution in [0.25, 0.3) is 0 Å². The third-order valence-electron chi connectivity index (χ3n) is 2.76. The molecule has 88 valence electrons. The molecule has 0 saturated carbocycles. The Hall–Kier alpha value is -2.09. The standard InChI is InChI=1S/C12H12FN3O/c13-9-2-1-3-10(8-9)16-7-6-15-12(17)11(16)4-5-14/h1-3,8,11H,4,6-7H2,(H,15,17). The first kappa shape index (κ1) is 11.4. The average Bonchev–Trinajstić information content (AvgIpc) is 2.32. The Morgan fingerprint density at radius 3 is 3.12 bits per heavy atom. The van der Waals surface area contributed by atoms with Crippen LogP contribution in [0.2, 0.25) is 0 Å². The Balaban J connectivity index is 2.28. The molecule has 1 aliphatic heterocycles. The van der Waals surface area contributed by atoms with E-state index in [1.54, 1.807) is 17.0 Å². The van der Waals surface area contributed by atoms with E-state index in [0.717, 1.165) is 0 Å². The van der Waals surface area contributed by atoms with E-state index in [1.807, 2.05) is 6.07 Å². The highest BCUT2D eigenvalue weighted by Crippen LogP contribution is 2.21. The van der Waals surface area contributed by atoms with Crippen molar-refractivity contribution in [2.24, 2.45) is 0 Å². The van der Waals surface area contributed by atoms with Crippen molar-refractivity contribution in [2.45, 2.75) is 12.5 Å². The normalized spacial score (nSPS) is 19.6. The summed E-state index contributed by atoms with van der Waals surface area (Å²) in [6.07, 6.45) is 0.0996. The van der Waals surface area contributed by atoms with E-state index in [1.165, 1.54) is 12.1 Å². The minimum atomic E-state index is -0.532. The molecule has 1 aromatic rings. The van der Waals surface area contributed by atoms with Crippen molar-refractivity contribution in [3.8, 4) is 6.07 Å². The van der Waals surface area contributed by atoms with Crippen LogP contribution in [0.4, 0.5) is 10.1 Å². The molecule has 0 spiro atoms. The fourth-order valence-electron chi connectivity index (χ4n) is 1.97. The fourth-order valence-corrected chi connectivity index (χ4v) is 1.97. The topological polar surface area (TPSA) is 56.1 Å². The molecule has 0 bridgehead atoms. The molecule has 0 aliphatic carbocycles. The van der Waals surface area contributed by atoms with Crippen molar-refractivity contribution in [3.05, 3.63) is 30.1 Å². The van der Waals surface area contributed by atoms with Gasteiger partial charge in [-0.3, -0.25) is 4.79 Å². The summed E-state index contributed by atoms with van der Waals surface area (Å²) in [5.74, 6) is -0.522. The molecule has 17 heavy (non-hydrogen) atoms. The predicted molar refractivity (Wildman–Crippen MR) is 60.8 cm³/mol. The maximum Gasteiger partial charge on any atom is 0.243 e. The second-order valence-electron chi connectivity index (χ2n) is 3.84. The van der Waals surface area contributed by atoms with Gasteiger partial charge in [-0.25, -0.2) is 4.39 Å². The highest BCUT2D eigenvalue weighted by atomic mass is 19.1. The van der Waals surface area contributed by atoms with Gasteiger partial charge < -0.3 is 10.2 Å². The lowest BCUT2D eigenvalue weighted by Gasteiger charge is -2.35. The fraction of sp³-hybridized carbons (Fsp3) is 0.333. The first-order valence-electron chi connectivity index (χ1n) is 5.39. The van der Waals surface area contributed by atoms with Crippen LogP contribution in [0.1, 0.15) is 6.42 Å². The minimum Gasteiger partial charge on any atom is -0.357 e. The van der Waals surface area contributed by atoms with Crippen LogP contribution in [-0.4, -0.2) is 25.0 Å². The Morgan fingerprint density at radius 2 is 2.41 bits per heavy atom. The van der Waals surface area contributed by atoms with Crippen LogP contribution in [0.3, 0.4) is 0 Å². The van der Waals surface area contributed by atoms with Crippen LogP contribution in [0.5, 0.6) is 0 Å². The van der Waals surface area contributed by atoms with E-state index in [-0.39, 0.29) is 18.1 Å². The van der Waals surface area contributed by atoms with E-state index in [0.29, 0.717) is 18.8 Å². The summed E-state index contributed by atoms with van der Waals surface area (Å²) in [6, 6.07) is 7.53. The van der Waals surface area contributed by atoms with Crippen molar-refractivity contribution in [1.82, 2.24) is 5.32 Å². The molecular weight excluding hydrogens is 221 g/mol. The van der Waals surface area contributed by atoms with E-state index >= 15 is 0 Å². The van der Waals surface area contributed by atoms with Crippen LogP contribution in [0.15, 0.2) is 24.3 Å². The molecule has 1 N–H and O–H groups in total. The Kier molecular flexibility index (Phi) is 3.24. The number of halogens is 1. The number of amides is 1. The van der Waals surface area contributed by atoms with E-state index in [2.05, 4.69) is 5.32 Å². The summed E-state index contributed by atoms with van der Waals surface area (Å²) in [4.78, 5) is 13.4. The SMILES string of the molecule is N#CCC1C(=O)NCCN1c1cccc(F)c1. The van der Waals surface area contributed by atoms with Gasteiger partial charge in [0.15, 0.2) is 0 Å². The number of carbonyl (C=O) groups is 1. The first-order valence-corrected chi connectivity index (χ1v) is 5.39. The number of hydrogen-bond acceptors (Lipinski definition) is 3. The number of rotatable bonds is 2. The van der Waals surface area contributed by atoms with Gasteiger partial charge in [0.05, 0.1) is 12.5 Å². The zero-order valence-electron chi connectivity index (χ0n) is 9.19. The molecule has 1 atom stereocenters. The second-order valence-corrected chi connectivity index (χ2v) is 3.84. The molecule has 5 heteroatoms. The van der Waals surface area contributed by atoms with Crippen molar-refractivity contribution >= 4 is 11.6 Å². The van der Waals surface area contributed by atoms with Gasteiger partial charge in [0.2, 0.25) is 5.91 Å². The average molecular weight is 233 g/mol. The number of hydrogen-bond donors (Lipinski definition) is 1. The van der Waals surface area contributed by atoms with Crippen LogP contribution in [0, 0.1) is 17.1 Å². The van der Waals surface area contributed by atoms with Gasteiger partial charge in [-0.05, 0) is 18.2 Å². The smallest absolute Gasteiger partial charge is 0.243 e. The lowest BCUT2D eigenvalue weighted by atomic mass is 10.1. The molecule has 1 heterocycles. The molecule has 1 unspecified atom stereocenters. The molecule has 0 aromatic heterocycles. The number of nitrogens with zero attached hydrogens (tertiary/aromatic N) is 2. The molecule has 4 nitrogen and oxygen atoms in total. The summed E-state index contributed by atoms with van der Waals surface area (Å²) in [5.41, 5.74) is 0.639. The first-order chi connectivity index (χ1) is 8.22. The summed E-state index contributed by atoms with van der Waals surface area (Å²) >= 11 is 0. The Bertz CT molecular complexity index is 469. The monoisotopic (exact) mass is 233 g/mol. The quantitative estimate of drug-likeness (QED) is 0.830. The molecule has 1 saturated heterocycles. The summed E-state index contributed by atoms with van der Waals surface area (Å²) in [6.45, 7) is 1.10. The maximum atomic E-state index is 13.1. The van der Waals surface area contributed by atoms with Crippen molar-refractivity contribution in [1.29, 1.82) is 5.26 Å². The van der Waals surface area contributed by atoms with E-state index in [4.69, 9.17) is 5.26 Å². The molecule has 1 amide bonds. The van der Waals surface area contributed by atoms with Gasteiger partial charge in [0, 0.05) is 18.8 Å². The third-order valence-corrected chi connectivity index (χ3v) is 2.76. The van der Waals surface area contributed by atoms with Gasteiger partial charge in [0.25, 0.3) is 0 Å². The zero-order chi connectivity index (χ0) is 12.3. The third kappa shape index (κ3) is 2.36. The maximum absolute atomic E-state index is 13.1. The van der Waals surface area contributed by atoms with Gasteiger partial charge >= 0.3 is 0 Å². The number of anilines is 1. The van der Waals surface area contributed by atoms with Gasteiger partial charge in [-0.15, -0.1) is 0 Å². The number of carbonyl (C=O) groups excluding carboxylic acids is 1. The molecule has 0 radical (unpaired) electrons. The predicted octanol–water partition coefficient (Wildman–Crippen LogP) is 1.04. The lowest BCUT2D eigenvalue weighted by molar-refractivity contribution is -0.123. The van der Waals surface area contributed by atoms with Crippen LogP contribution < -0.4 is 10.2 Å². The number of benzene rings is 1. The lowest BCUT2D eigenvalue weighted by Crippen LogP contribution is -2.55. The van der Waals surface area contributed by atoms with E-state index < -0.39 is 6.04 Å². The summed E-state index contributed by atoms with van der Waals surface area (Å²) < 4.78 is 13.1. The summed E-state index contributed by atoms with van der Waals surface area (Å²) in [5, 5.41) is 11.4. The summed E-state index contributed by atoms with van der Waals surface area (Å²) in [7, 11) is 0. The Labute approximate surface area is 98.6 Å². The highest BCUT2D eigenvalue weighted by Gasteiger charge is 2.29. The van der Waals surface area contributed by atoms with Crippen molar-refractivity contribution in [2.75, 3.05) is 18.0 Å². The number of nitrogens with one attached hydrogen (secondary N) is 1. The van der Waals surface area contributed by atoms with Crippen LogP contribution >= 0.6 is 0 Å². The Morgan fingerprint density at radius 1 is 1.59 bits per heavy atom. The molecule has 1 aromatic carbocycles. The van der Waals surface area contributed by atoms with Crippen LogP contribution in [-0.2, 0) is 4.79 Å². The van der Waals surface area contributed by atoms with Gasteiger partial charge in [-0.1, -0.05) is 6.07 Å². The van der Waals surface area contributed by atoms with Crippen molar-refractivity contribution in [3.63, 3.8) is 0 Å². The number of piperazine rings is 1. The molecular formula is C12H12FN3O. The molecule has 1 aliphatic rings. The highest BCUT2D eigenvalue weighted by molar-refractivity contribution is 5.86.